The summed E-state index contributed by atoms with van der Waals surface area (Å²) < 4.78 is 44.6. The number of anilines is 1. The average Bonchev–Trinajstić information content (AvgIpc) is 3.39. The Morgan fingerprint density at radius 2 is 2.05 bits per heavy atom. The number of fused-ring (bicyclic) bond motifs is 1. The Kier molecular flexibility index (Phi) is 7.24. The molecule has 0 radical (unpaired) electrons. The zero-order valence-electron chi connectivity index (χ0n) is 19.9. The molecule has 0 aromatic carbocycles. The minimum Gasteiger partial charge on any atom is -0.396 e. The highest BCUT2D eigenvalue weighted by atomic mass is 31.2. The molecule has 8 atom stereocenters. The quantitative estimate of drug-likeness (QED) is 0.286. The normalized spacial score (nSPS) is 31.3. The van der Waals surface area contributed by atoms with E-state index in [0.717, 1.165) is 11.3 Å². The summed E-state index contributed by atoms with van der Waals surface area (Å²) in [5.41, 5.74) is 8.08. The van der Waals surface area contributed by atoms with Crippen molar-refractivity contribution in [3.05, 3.63) is 42.2 Å². The van der Waals surface area contributed by atoms with Crippen molar-refractivity contribution < 1.29 is 37.8 Å². The van der Waals surface area contributed by atoms with Crippen LogP contribution >= 0.6 is 7.82 Å². The summed E-state index contributed by atoms with van der Waals surface area (Å²) in [5.74, 6) is -0.149. The van der Waals surface area contributed by atoms with Gasteiger partial charge in [0.2, 0.25) is 0 Å². The number of rotatable bonds is 9. The number of pyridine rings is 1. The van der Waals surface area contributed by atoms with E-state index in [0.29, 0.717) is 6.42 Å². The molecule has 1 saturated carbocycles. The molecule has 37 heavy (non-hydrogen) atoms. The third-order valence-electron chi connectivity index (χ3n) is 7.05. The lowest BCUT2D eigenvalue weighted by atomic mass is 9.63. The lowest BCUT2D eigenvalue weighted by molar-refractivity contribution is -0.0488. The van der Waals surface area contributed by atoms with Gasteiger partial charge in [0.05, 0.1) is 19.5 Å². The number of aryl methyl sites for hydroxylation is 1. The maximum absolute atomic E-state index is 14.9. The van der Waals surface area contributed by atoms with Gasteiger partial charge >= 0.3 is 7.82 Å². The van der Waals surface area contributed by atoms with Gasteiger partial charge in [-0.3, -0.25) is 18.6 Å². The van der Waals surface area contributed by atoms with E-state index < -0.39 is 39.0 Å². The van der Waals surface area contributed by atoms with Crippen LogP contribution in [0.25, 0.3) is 11.2 Å². The molecule has 2 aliphatic rings. The SMILES string of the molecule is Cc1cc([C@@H]2C[C@H](CO)[C@H]2COP(=O)(O)OC[C@H]2O[C@@H](n3cnc4c(N)ncnc43)[C@H](F)[C@@H]2O)ccn1. The number of phosphoric acid groups is 1. The number of hydrogen-bond donors (Lipinski definition) is 4. The number of aromatic nitrogens is 5. The average molecular weight is 538 g/mol. The summed E-state index contributed by atoms with van der Waals surface area (Å²) in [6.07, 6.45) is -1.25. The van der Waals surface area contributed by atoms with Crippen LogP contribution in [0.2, 0.25) is 0 Å². The number of alkyl halides is 1. The van der Waals surface area contributed by atoms with E-state index in [9.17, 15) is 24.1 Å². The molecule has 15 heteroatoms. The van der Waals surface area contributed by atoms with Crippen molar-refractivity contribution in [1.29, 1.82) is 0 Å². The standard InChI is InChI=1S/C22H28FN6O7P/c1-11-4-12(2-3-25-11)14-5-13(6-30)15(14)7-34-37(32,33)35-8-16-19(31)17(23)22(36-16)29-10-28-18-20(24)26-9-27-21(18)29/h2-4,9-10,13-17,19,22,30-31H,5-8H2,1H3,(H,32,33)(H2,24,26,27)/t13-,14+,15-,16-,17-,19-,22-/m1/s1. The van der Waals surface area contributed by atoms with Gasteiger partial charge in [-0.05, 0) is 48.8 Å². The fourth-order valence-electron chi connectivity index (χ4n) is 4.96. The zero-order valence-corrected chi connectivity index (χ0v) is 20.8. The van der Waals surface area contributed by atoms with E-state index in [1.807, 2.05) is 19.1 Å². The molecule has 0 bridgehead atoms. The van der Waals surface area contributed by atoms with Crippen LogP contribution in [0, 0.1) is 18.8 Å². The minimum absolute atomic E-state index is 0.0368. The number of nitrogens with zero attached hydrogens (tertiary/aromatic N) is 5. The number of ether oxygens (including phenoxy) is 1. The molecule has 5 rings (SSSR count). The largest absolute Gasteiger partial charge is 0.472 e. The third-order valence-corrected chi connectivity index (χ3v) is 8.00. The van der Waals surface area contributed by atoms with Gasteiger partial charge < -0.3 is 25.6 Å². The first kappa shape index (κ1) is 26.0. The number of aliphatic hydroxyl groups is 2. The Morgan fingerprint density at radius 3 is 2.81 bits per heavy atom. The van der Waals surface area contributed by atoms with Gasteiger partial charge in [-0.25, -0.2) is 23.9 Å². The molecule has 2 fully saturated rings. The van der Waals surface area contributed by atoms with Crippen LogP contribution in [0.3, 0.4) is 0 Å². The van der Waals surface area contributed by atoms with Gasteiger partial charge in [0.15, 0.2) is 23.9 Å². The molecule has 0 spiro atoms. The Hall–Kier alpha value is -2.58. The number of phosphoric ester groups is 1. The maximum Gasteiger partial charge on any atom is 0.472 e. The number of imidazole rings is 1. The van der Waals surface area contributed by atoms with Gasteiger partial charge in [-0.2, -0.15) is 0 Å². The van der Waals surface area contributed by atoms with E-state index in [1.165, 1.54) is 17.2 Å². The summed E-state index contributed by atoms with van der Waals surface area (Å²) in [6, 6.07) is 3.81. The Morgan fingerprint density at radius 1 is 1.27 bits per heavy atom. The predicted molar refractivity (Wildman–Crippen MR) is 127 cm³/mol. The van der Waals surface area contributed by atoms with E-state index in [2.05, 4.69) is 19.9 Å². The number of hydrogen-bond acceptors (Lipinski definition) is 11. The first-order valence-electron chi connectivity index (χ1n) is 11.7. The molecule has 1 aliphatic carbocycles. The lowest BCUT2D eigenvalue weighted by Gasteiger charge is -2.44. The smallest absolute Gasteiger partial charge is 0.396 e. The molecule has 1 saturated heterocycles. The van der Waals surface area contributed by atoms with Crippen molar-refractivity contribution in [1.82, 2.24) is 24.5 Å². The van der Waals surface area contributed by atoms with Gasteiger partial charge in [0.1, 0.15) is 24.1 Å². The van der Waals surface area contributed by atoms with Gasteiger partial charge in [-0.15, -0.1) is 0 Å². The molecule has 0 amide bonds. The molecule has 1 unspecified atom stereocenters. The van der Waals surface area contributed by atoms with Gasteiger partial charge in [0, 0.05) is 18.5 Å². The number of nitrogen functional groups attached to an aromatic ring is 1. The third kappa shape index (κ3) is 5.10. The molecule has 200 valence electrons. The molecular formula is C22H28FN6O7P. The Labute approximate surface area is 211 Å². The molecule has 1 aliphatic heterocycles. The van der Waals surface area contributed by atoms with Crippen LogP contribution in [-0.2, 0) is 18.3 Å². The fourth-order valence-corrected chi connectivity index (χ4v) is 5.73. The van der Waals surface area contributed by atoms with Crippen molar-refractivity contribution in [2.45, 2.75) is 43.9 Å². The lowest BCUT2D eigenvalue weighted by Crippen LogP contribution is -2.40. The first-order valence-corrected chi connectivity index (χ1v) is 13.2. The van der Waals surface area contributed by atoms with Crippen LogP contribution in [0.15, 0.2) is 31.0 Å². The van der Waals surface area contributed by atoms with Crippen molar-refractivity contribution in [3.63, 3.8) is 0 Å². The maximum atomic E-state index is 14.9. The molecule has 3 aromatic heterocycles. The zero-order chi connectivity index (χ0) is 26.3. The topological polar surface area (TPSA) is 188 Å². The monoisotopic (exact) mass is 538 g/mol. The highest BCUT2D eigenvalue weighted by Crippen LogP contribution is 2.51. The van der Waals surface area contributed by atoms with Gasteiger partial charge in [-0.1, -0.05) is 0 Å². The Bertz CT molecular complexity index is 1310. The fraction of sp³-hybridized carbons (Fsp3) is 0.545. The number of aliphatic hydroxyl groups excluding tert-OH is 2. The number of nitrogens with two attached hydrogens (primary N) is 1. The van der Waals surface area contributed by atoms with Crippen LogP contribution in [-0.4, -0.2) is 77.8 Å². The van der Waals surface area contributed by atoms with Crippen molar-refractivity contribution in [2.75, 3.05) is 25.6 Å². The molecule has 3 aromatic rings. The van der Waals surface area contributed by atoms with Gasteiger partial charge in [0.25, 0.3) is 0 Å². The highest BCUT2D eigenvalue weighted by Gasteiger charge is 2.47. The van der Waals surface area contributed by atoms with Crippen LogP contribution in [0.1, 0.15) is 29.8 Å². The second-order valence-electron chi connectivity index (χ2n) is 9.32. The summed E-state index contributed by atoms with van der Waals surface area (Å²) in [7, 11) is -4.58. The minimum atomic E-state index is -4.58. The van der Waals surface area contributed by atoms with E-state index in [-0.39, 0.29) is 47.9 Å². The molecular weight excluding hydrogens is 510 g/mol. The Balaban J connectivity index is 1.20. The number of halogens is 1. The highest BCUT2D eigenvalue weighted by molar-refractivity contribution is 7.47. The first-order chi connectivity index (χ1) is 17.7. The summed E-state index contributed by atoms with van der Waals surface area (Å²) in [6.45, 7) is 1.07. The van der Waals surface area contributed by atoms with Crippen molar-refractivity contribution in [2.24, 2.45) is 11.8 Å². The van der Waals surface area contributed by atoms with Crippen molar-refractivity contribution >= 4 is 24.8 Å². The summed E-state index contributed by atoms with van der Waals surface area (Å²) in [4.78, 5) is 26.3. The van der Waals surface area contributed by atoms with Crippen LogP contribution in [0.4, 0.5) is 10.2 Å². The molecule has 5 N–H and O–H groups in total. The van der Waals surface area contributed by atoms with E-state index in [1.54, 1.807) is 6.20 Å². The second-order valence-corrected chi connectivity index (χ2v) is 10.8. The predicted octanol–water partition coefficient (Wildman–Crippen LogP) is 1.25. The van der Waals surface area contributed by atoms with Crippen LogP contribution in [0.5, 0.6) is 0 Å². The summed E-state index contributed by atoms with van der Waals surface area (Å²) in [5, 5.41) is 20.0. The van der Waals surface area contributed by atoms with Crippen LogP contribution < -0.4 is 5.73 Å². The van der Waals surface area contributed by atoms with E-state index in [4.69, 9.17) is 19.5 Å². The van der Waals surface area contributed by atoms with E-state index >= 15 is 0 Å². The second kappa shape index (κ2) is 10.3. The summed E-state index contributed by atoms with van der Waals surface area (Å²) >= 11 is 0. The molecule has 13 nitrogen and oxygen atoms in total. The van der Waals surface area contributed by atoms with Crippen molar-refractivity contribution in [3.8, 4) is 0 Å². The molecule has 4 heterocycles.